The molecule has 0 aliphatic heterocycles. The van der Waals surface area contributed by atoms with E-state index in [1.807, 2.05) is 0 Å². The Morgan fingerprint density at radius 3 is 2.88 bits per heavy atom. The van der Waals surface area contributed by atoms with Crippen molar-refractivity contribution < 1.29 is 4.68 Å². The van der Waals surface area contributed by atoms with Crippen molar-refractivity contribution in [2.75, 3.05) is 0 Å². The molecule has 1 N–H and O–H groups in total. The fourth-order valence-corrected chi connectivity index (χ4v) is 0.508. The molecule has 1 rings (SSSR count). The van der Waals surface area contributed by atoms with Crippen LogP contribution in [0, 0.1) is 0 Å². The highest BCUT2D eigenvalue weighted by Crippen LogP contribution is 1.55. The molecule has 0 aliphatic rings. The molecule has 0 radical (unpaired) electrons. The second-order valence-electron chi connectivity index (χ2n) is 1.60. The molecule has 1 heterocycles. The van der Waals surface area contributed by atoms with Crippen molar-refractivity contribution in [1.29, 1.82) is 0 Å². The Bertz CT molecular complexity index is 228. The Labute approximate surface area is 46.6 Å². The molecule has 3 heteroatoms. The van der Waals surface area contributed by atoms with Crippen LogP contribution in [-0.4, -0.2) is 5.10 Å². The van der Waals surface area contributed by atoms with E-state index >= 15 is 0 Å². The van der Waals surface area contributed by atoms with E-state index in [2.05, 4.69) is 5.10 Å². The molecule has 0 amide bonds. The zero-order valence-electron chi connectivity index (χ0n) is 4.59. The van der Waals surface area contributed by atoms with E-state index in [-0.39, 0.29) is 5.43 Å². The van der Waals surface area contributed by atoms with Crippen molar-refractivity contribution >= 4 is 0 Å². The molecule has 1 aromatic heterocycles. The smallest absolute Gasteiger partial charge is 0.245 e. The third kappa shape index (κ3) is 0.932. The van der Waals surface area contributed by atoms with Crippen molar-refractivity contribution in [1.82, 2.24) is 5.10 Å². The molecule has 0 saturated heterocycles. The van der Waals surface area contributed by atoms with Gasteiger partial charge in [-0.05, 0) is 0 Å². The highest BCUT2D eigenvalue weighted by atomic mass is 16.1. The first-order chi connectivity index (χ1) is 3.79. The SMILES string of the molecule is C[n+]1cc(=O)cc[nH]1. The minimum atomic E-state index is 0.0197. The number of aromatic amines is 1. The predicted octanol–water partition coefficient (Wildman–Crippen LogP) is -0.801. The highest BCUT2D eigenvalue weighted by molar-refractivity contribution is 4.79. The van der Waals surface area contributed by atoms with E-state index in [9.17, 15) is 4.79 Å². The second kappa shape index (κ2) is 1.78. The van der Waals surface area contributed by atoms with Crippen LogP contribution in [0.5, 0.6) is 0 Å². The van der Waals surface area contributed by atoms with Crippen LogP contribution in [-0.2, 0) is 7.05 Å². The summed E-state index contributed by atoms with van der Waals surface area (Å²) in [5.41, 5.74) is 0.0197. The van der Waals surface area contributed by atoms with Crippen molar-refractivity contribution in [2.45, 2.75) is 0 Å². The number of hydrogen-bond donors (Lipinski definition) is 1. The Morgan fingerprint density at radius 2 is 2.50 bits per heavy atom. The molecular formula is C5H7N2O+. The average molecular weight is 111 g/mol. The van der Waals surface area contributed by atoms with Gasteiger partial charge in [0.25, 0.3) is 0 Å². The number of aromatic nitrogens is 2. The minimum absolute atomic E-state index is 0.0197. The van der Waals surface area contributed by atoms with Crippen LogP contribution in [0.25, 0.3) is 0 Å². The van der Waals surface area contributed by atoms with Gasteiger partial charge >= 0.3 is 0 Å². The van der Waals surface area contributed by atoms with Crippen LogP contribution in [0.15, 0.2) is 23.3 Å². The number of rotatable bonds is 0. The van der Waals surface area contributed by atoms with Crippen LogP contribution in [0.1, 0.15) is 0 Å². The molecule has 1 aromatic rings. The molecule has 8 heavy (non-hydrogen) atoms. The van der Waals surface area contributed by atoms with Crippen LogP contribution >= 0.6 is 0 Å². The number of H-pyrrole nitrogens is 1. The number of nitrogens with one attached hydrogen (secondary N) is 1. The average Bonchev–Trinajstić information content (AvgIpc) is 1.64. The van der Waals surface area contributed by atoms with Crippen molar-refractivity contribution in [3.05, 3.63) is 28.7 Å². The lowest BCUT2D eigenvalue weighted by Crippen LogP contribution is -2.35. The molecule has 0 aromatic carbocycles. The van der Waals surface area contributed by atoms with E-state index in [4.69, 9.17) is 0 Å². The summed E-state index contributed by atoms with van der Waals surface area (Å²) in [4.78, 5) is 10.4. The van der Waals surface area contributed by atoms with Gasteiger partial charge < -0.3 is 0 Å². The Kier molecular flexibility index (Phi) is 1.12. The highest BCUT2D eigenvalue weighted by Gasteiger charge is 1.86. The molecule has 0 atom stereocenters. The molecule has 3 nitrogen and oxygen atoms in total. The molecule has 0 aliphatic carbocycles. The van der Waals surface area contributed by atoms with Crippen molar-refractivity contribution in [3.8, 4) is 0 Å². The monoisotopic (exact) mass is 111 g/mol. The Hall–Kier alpha value is -1.12. The van der Waals surface area contributed by atoms with Gasteiger partial charge in [0.15, 0.2) is 7.05 Å². The van der Waals surface area contributed by atoms with E-state index in [0.717, 1.165) is 0 Å². The van der Waals surface area contributed by atoms with Crippen LogP contribution in [0.2, 0.25) is 0 Å². The summed E-state index contributed by atoms with van der Waals surface area (Å²) >= 11 is 0. The zero-order chi connectivity index (χ0) is 5.98. The molecule has 0 bridgehead atoms. The standard InChI is InChI=1S/C5H6N2O/c1-7-4-5(8)2-3-6-7/h2-4H,1H3/p+1. The van der Waals surface area contributed by atoms with E-state index < -0.39 is 0 Å². The van der Waals surface area contributed by atoms with E-state index in [0.29, 0.717) is 0 Å². The van der Waals surface area contributed by atoms with Crippen LogP contribution < -0.4 is 10.1 Å². The molecule has 0 spiro atoms. The van der Waals surface area contributed by atoms with Gasteiger partial charge in [0.05, 0.1) is 6.20 Å². The summed E-state index contributed by atoms with van der Waals surface area (Å²) < 4.78 is 1.60. The Balaban J connectivity index is 3.28. The van der Waals surface area contributed by atoms with Gasteiger partial charge in [0, 0.05) is 6.07 Å². The number of nitrogens with zero attached hydrogens (tertiary/aromatic N) is 1. The largest absolute Gasteiger partial charge is 0.283 e. The van der Waals surface area contributed by atoms with Gasteiger partial charge in [-0.2, -0.15) is 5.10 Å². The zero-order valence-corrected chi connectivity index (χ0v) is 4.59. The maximum Gasteiger partial charge on any atom is 0.245 e. The summed E-state index contributed by atoms with van der Waals surface area (Å²) in [6.45, 7) is 0. The third-order valence-corrected chi connectivity index (χ3v) is 0.847. The molecule has 0 unspecified atom stereocenters. The van der Waals surface area contributed by atoms with Crippen molar-refractivity contribution in [2.24, 2.45) is 7.05 Å². The van der Waals surface area contributed by atoms with Gasteiger partial charge in [-0.15, -0.1) is 4.68 Å². The number of aryl methyl sites for hydroxylation is 1. The summed E-state index contributed by atoms with van der Waals surface area (Å²) in [6, 6.07) is 1.47. The maximum atomic E-state index is 10.4. The quantitative estimate of drug-likeness (QED) is 0.437. The van der Waals surface area contributed by atoms with Crippen LogP contribution in [0.4, 0.5) is 0 Å². The lowest BCUT2D eigenvalue weighted by molar-refractivity contribution is -0.731. The Morgan fingerprint density at radius 1 is 1.75 bits per heavy atom. The van der Waals surface area contributed by atoms with Gasteiger partial charge in [-0.3, -0.25) is 4.79 Å². The summed E-state index contributed by atoms with van der Waals surface area (Å²) in [5, 5.41) is 2.79. The first-order valence-corrected chi connectivity index (χ1v) is 2.33. The lowest BCUT2D eigenvalue weighted by atomic mass is 10.6. The molecule has 42 valence electrons. The lowest BCUT2D eigenvalue weighted by Gasteiger charge is -1.79. The van der Waals surface area contributed by atoms with Crippen LogP contribution in [0.3, 0.4) is 0 Å². The summed E-state index contributed by atoms with van der Waals surface area (Å²) in [7, 11) is 1.77. The topological polar surface area (TPSA) is 36.7 Å². The van der Waals surface area contributed by atoms with Gasteiger partial charge in [-0.25, -0.2) is 0 Å². The maximum absolute atomic E-state index is 10.4. The van der Waals surface area contributed by atoms with Crippen molar-refractivity contribution in [3.63, 3.8) is 0 Å². The fourth-order valence-electron chi connectivity index (χ4n) is 0.508. The minimum Gasteiger partial charge on any atom is -0.283 e. The first-order valence-electron chi connectivity index (χ1n) is 2.33. The summed E-state index contributed by atoms with van der Waals surface area (Å²) in [6.07, 6.45) is 3.07. The fraction of sp³-hybridized carbons (Fsp3) is 0.200. The van der Waals surface area contributed by atoms with E-state index in [1.165, 1.54) is 12.3 Å². The van der Waals surface area contributed by atoms with Gasteiger partial charge in [0.2, 0.25) is 11.6 Å². The van der Waals surface area contributed by atoms with E-state index in [1.54, 1.807) is 17.9 Å². The molecular weight excluding hydrogens is 104 g/mol. The van der Waals surface area contributed by atoms with Gasteiger partial charge in [-0.1, -0.05) is 0 Å². The normalized spacial score (nSPS) is 9.12. The first kappa shape index (κ1) is 5.03. The summed E-state index contributed by atoms with van der Waals surface area (Å²) in [5.74, 6) is 0. The number of hydrogen-bond acceptors (Lipinski definition) is 1. The third-order valence-electron chi connectivity index (χ3n) is 0.847. The van der Waals surface area contributed by atoms with Gasteiger partial charge in [0.1, 0.15) is 0 Å². The molecule has 0 saturated carbocycles. The predicted molar refractivity (Wildman–Crippen MR) is 28.2 cm³/mol. The molecule has 0 fully saturated rings. The second-order valence-corrected chi connectivity index (χ2v) is 1.60.